The lowest BCUT2D eigenvalue weighted by Gasteiger charge is -2.30. The van der Waals surface area contributed by atoms with Gasteiger partial charge in [-0.05, 0) is 62.2 Å². The van der Waals surface area contributed by atoms with Gasteiger partial charge in [-0.2, -0.15) is 5.10 Å². The van der Waals surface area contributed by atoms with Gasteiger partial charge < -0.3 is 9.64 Å². The number of ether oxygens (including phenoxy) is 1. The van der Waals surface area contributed by atoms with E-state index < -0.39 is 0 Å². The molecule has 0 unspecified atom stereocenters. The van der Waals surface area contributed by atoms with Gasteiger partial charge in [0.15, 0.2) is 0 Å². The minimum absolute atomic E-state index is 0.192. The van der Waals surface area contributed by atoms with Crippen LogP contribution in [0, 0.1) is 11.7 Å². The number of amides is 1. The van der Waals surface area contributed by atoms with E-state index in [0.29, 0.717) is 60.2 Å². The van der Waals surface area contributed by atoms with Crippen LogP contribution in [-0.4, -0.2) is 46.3 Å². The number of aromatic nitrogens is 2. The van der Waals surface area contributed by atoms with Gasteiger partial charge in [0.05, 0.1) is 28.9 Å². The third-order valence-corrected chi connectivity index (χ3v) is 5.87. The van der Waals surface area contributed by atoms with Crippen molar-refractivity contribution >= 4 is 23.5 Å². The number of hydrogen-bond donors (Lipinski definition) is 0. The molecule has 0 radical (unpaired) electrons. The summed E-state index contributed by atoms with van der Waals surface area (Å²) in [4.78, 5) is 27.2. The predicted octanol–water partition coefficient (Wildman–Crippen LogP) is 4.75. The summed E-state index contributed by atoms with van der Waals surface area (Å²) in [6, 6.07) is 14.8. The smallest absolute Gasteiger partial charge is 0.309 e. The van der Waals surface area contributed by atoms with E-state index >= 15 is 0 Å². The molecule has 1 fully saturated rings. The highest BCUT2D eigenvalue weighted by molar-refractivity contribution is 6.32. The molecule has 0 N–H and O–H groups in total. The molecule has 8 heteroatoms. The fraction of sp³-hybridized carbons (Fsp3) is 0.292. The first kappa shape index (κ1) is 22.0. The second-order valence-electron chi connectivity index (χ2n) is 7.60. The molecule has 1 amide bonds. The molecule has 0 atom stereocenters. The van der Waals surface area contributed by atoms with Crippen molar-refractivity contribution in [3.63, 3.8) is 0 Å². The molecule has 0 aliphatic carbocycles. The Morgan fingerprint density at radius 3 is 2.47 bits per heavy atom. The summed E-state index contributed by atoms with van der Waals surface area (Å²) in [5, 5.41) is 5.07. The fourth-order valence-corrected chi connectivity index (χ4v) is 4.06. The van der Waals surface area contributed by atoms with E-state index in [1.807, 2.05) is 6.07 Å². The first-order valence-corrected chi connectivity index (χ1v) is 10.9. The molecule has 0 spiro atoms. The third kappa shape index (κ3) is 4.53. The van der Waals surface area contributed by atoms with Crippen LogP contribution >= 0.6 is 11.6 Å². The zero-order valence-corrected chi connectivity index (χ0v) is 18.4. The average Bonchev–Trinajstić information content (AvgIpc) is 3.25. The second kappa shape index (κ2) is 9.53. The standard InChI is InChI=1S/C24H23ClFN3O3/c1-2-32-24(31)17-11-13-28(14-12-17)23(30)22-15-20(16-7-9-18(26)10-8-16)27-29(22)21-6-4-3-5-19(21)25/h3-10,15,17H,2,11-14H2,1H3. The minimum atomic E-state index is -0.347. The second-order valence-corrected chi connectivity index (χ2v) is 8.01. The van der Waals surface area contributed by atoms with Crippen molar-refractivity contribution in [2.24, 2.45) is 5.92 Å². The molecule has 166 valence electrons. The molecule has 1 aliphatic heterocycles. The summed E-state index contributed by atoms with van der Waals surface area (Å²) in [6.45, 7) is 3.02. The molecule has 0 bridgehead atoms. The summed E-state index contributed by atoms with van der Waals surface area (Å²) < 4.78 is 20.0. The van der Waals surface area contributed by atoms with Crippen LogP contribution in [0.1, 0.15) is 30.3 Å². The van der Waals surface area contributed by atoms with E-state index in [4.69, 9.17) is 16.3 Å². The zero-order chi connectivity index (χ0) is 22.7. The van der Waals surface area contributed by atoms with Crippen molar-refractivity contribution in [1.82, 2.24) is 14.7 Å². The highest BCUT2D eigenvalue weighted by atomic mass is 35.5. The lowest BCUT2D eigenvalue weighted by atomic mass is 9.97. The molecule has 32 heavy (non-hydrogen) atoms. The number of halogens is 2. The lowest BCUT2D eigenvalue weighted by molar-refractivity contribution is -0.149. The Bertz CT molecular complexity index is 1120. The van der Waals surface area contributed by atoms with Crippen LogP contribution in [0.4, 0.5) is 4.39 Å². The van der Waals surface area contributed by atoms with Gasteiger partial charge >= 0.3 is 5.97 Å². The van der Waals surface area contributed by atoms with Gasteiger partial charge in [-0.15, -0.1) is 0 Å². The molecule has 1 saturated heterocycles. The largest absolute Gasteiger partial charge is 0.466 e. The third-order valence-electron chi connectivity index (χ3n) is 5.55. The zero-order valence-electron chi connectivity index (χ0n) is 17.6. The van der Waals surface area contributed by atoms with Crippen molar-refractivity contribution in [3.8, 4) is 16.9 Å². The van der Waals surface area contributed by atoms with Gasteiger partial charge in [0.1, 0.15) is 11.5 Å². The van der Waals surface area contributed by atoms with Gasteiger partial charge in [0.25, 0.3) is 5.91 Å². The Kier molecular flexibility index (Phi) is 6.55. The Morgan fingerprint density at radius 1 is 1.12 bits per heavy atom. The van der Waals surface area contributed by atoms with Crippen molar-refractivity contribution < 1.29 is 18.7 Å². The number of carbonyl (C=O) groups is 2. The highest BCUT2D eigenvalue weighted by Crippen LogP contribution is 2.28. The quantitative estimate of drug-likeness (QED) is 0.521. The fourth-order valence-electron chi connectivity index (χ4n) is 3.84. The van der Waals surface area contributed by atoms with E-state index in [2.05, 4.69) is 5.10 Å². The van der Waals surface area contributed by atoms with Gasteiger partial charge in [-0.3, -0.25) is 9.59 Å². The topological polar surface area (TPSA) is 64.4 Å². The summed E-state index contributed by atoms with van der Waals surface area (Å²) in [5.74, 6) is -0.949. The number of para-hydroxylation sites is 1. The number of benzene rings is 2. The predicted molar refractivity (Wildman–Crippen MR) is 119 cm³/mol. The van der Waals surface area contributed by atoms with Crippen molar-refractivity contribution in [3.05, 3.63) is 71.1 Å². The molecule has 1 aliphatic rings. The van der Waals surface area contributed by atoms with E-state index in [1.165, 1.54) is 16.8 Å². The van der Waals surface area contributed by atoms with E-state index in [0.717, 1.165) is 0 Å². The maximum Gasteiger partial charge on any atom is 0.309 e. The van der Waals surface area contributed by atoms with Crippen molar-refractivity contribution in [1.29, 1.82) is 0 Å². The lowest BCUT2D eigenvalue weighted by Crippen LogP contribution is -2.41. The number of hydrogen-bond acceptors (Lipinski definition) is 4. The Morgan fingerprint density at radius 2 is 1.81 bits per heavy atom. The number of esters is 1. The van der Waals surface area contributed by atoms with E-state index in [9.17, 15) is 14.0 Å². The first-order valence-electron chi connectivity index (χ1n) is 10.5. The molecule has 6 nitrogen and oxygen atoms in total. The molecule has 1 aromatic heterocycles. The molecule has 4 rings (SSSR count). The summed E-state index contributed by atoms with van der Waals surface area (Å²) in [6.07, 6.45) is 1.10. The van der Waals surface area contributed by atoms with Gasteiger partial charge in [-0.25, -0.2) is 9.07 Å². The van der Waals surface area contributed by atoms with Crippen LogP contribution < -0.4 is 0 Å². The summed E-state index contributed by atoms with van der Waals surface area (Å²) >= 11 is 6.39. The molecular weight excluding hydrogens is 433 g/mol. The van der Waals surface area contributed by atoms with Gasteiger partial charge in [0, 0.05) is 18.7 Å². The van der Waals surface area contributed by atoms with Crippen LogP contribution in [0.25, 0.3) is 16.9 Å². The average molecular weight is 456 g/mol. The maximum atomic E-state index is 13.5. The first-order chi connectivity index (χ1) is 15.5. The van der Waals surface area contributed by atoms with Crippen molar-refractivity contribution in [2.45, 2.75) is 19.8 Å². The van der Waals surface area contributed by atoms with Crippen molar-refractivity contribution in [2.75, 3.05) is 19.7 Å². The minimum Gasteiger partial charge on any atom is -0.466 e. The molecule has 0 saturated carbocycles. The number of nitrogens with zero attached hydrogens (tertiary/aromatic N) is 3. The Hall–Kier alpha value is -3.19. The monoisotopic (exact) mass is 455 g/mol. The van der Waals surface area contributed by atoms with E-state index in [1.54, 1.807) is 48.2 Å². The van der Waals surface area contributed by atoms with Gasteiger partial charge in [0.2, 0.25) is 0 Å². The van der Waals surface area contributed by atoms with Gasteiger partial charge in [-0.1, -0.05) is 23.7 Å². The van der Waals surface area contributed by atoms with Crippen LogP contribution in [0.15, 0.2) is 54.6 Å². The van der Waals surface area contributed by atoms with Crippen LogP contribution in [-0.2, 0) is 9.53 Å². The van der Waals surface area contributed by atoms with Crippen LogP contribution in [0.5, 0.6) is 0 Å². The van der Waals surface area contributed by atoms with E-state index in [-0.39, 0.29) is 23.6 Å². The molecule has 2 aromatic carbocycles. The number of likely N-dealkylation sites (tertiary alicyclic amines) is 1. The summed E-state index contributed by atoms with van der Waals surface area (Å²) in [5.41, 5.74) is 2.15. The SMILES string of the molecule is CCOC(=O)C1CCN(C(=O)c2cc(-c3ccc(F)cc3)nn2-c2ccccc2Cl)CC1. The Labute approximate surface area is 190 Å². The van der Waals surface area contributed by atoms with Crippen LogP contribution in [0.3, 0.4) is 0 Å². The maximum absolute atomic E-state index is 13.5. The summed E-state index contributed by atoms with van der Waals surface area (Å²) in [7, 11) is 0. The molecule has 3 aromatic rings. The number of piperidine rings is 1. The number of carbonyl (C=O) groups excluding carboxylic acids is 2. The Balaban J connectivity index is 1.65. The van der Waals surface area contributed by atoms with Crippen LogP contribution in [0.2, 0.25) is 5.02 Å². The number of rotatable bonds is 5. The normalized spacial score (nSPS) is 14.4. The molecular formula is C24H23ClFN3O3. The highest BCUT2D eigenvalue weighted by Gasteiger charge is 2.30. The molecule has 2 heterocycles.